The van der Waals surface area contributed by atoms with Gasteiger partial charge in [0.2, 0.25) is 17.8 Å². The maximum absolute atomic E-state index is 14.2. The third-order valence-corrected chi connectivity index (χ3v) is 7.58. The number of carbonyl (C=O) groups excluding carboxylic acids is 2. The molecule has 12 nitrogen and oxygen atoms in total. The normalized spacial score (nSPS) is 19.7. The molecule has 41 heavy (non-hydrogen) atoms. The van der Waals surface area contributed by atoms with Crippen molar-refractivity contribution < 1.29 is 23.1 Å². The van der Waals surface area contributed by atoms with E-state index in [1.165, 1.54) is 9.47 Å². The molecule has 14 heteroatoms. The number of halogens is 2. The van der Waals surface area contributed by atoms with Crippen molar-refractivity contribution in [1.29, 1.82) is 0 Å². The van der Waals surface area contributed by atoms with Gasteiger partial charge in [-0.25, -0.2) is 13.8 Å². The van der Waals surface area contributed by atoms with Crippen LogP contribution in [0.3, 0.4) is 0 Å². The molecule has 1 aromatic carbocycles. The van der Waals surface area contributed by atoms with Gasteiger partial charge in [-0.05, 0) is 26.0 Å². The molecular formula is C27H35F2N9O3. The van der Waals surface area contributed by atoms with E-state index in [1.807, 2.05) is 19.9 Å². The molecule has 5 rings (SSSR count). The molecule has 2 fully saturated rings. The summed E-state index contributed by atoms with van der Waals surface area (Å²) in [5, 5.41) is 0. The van der Waals surface area contributed by atoms with Crippen LogP contribution in [0.2, 0.25) is 0 Å². The number of carbonyl (C=O) groups is 2. The van der Waals surface area contributed by atoms with Crippen molar-refractivity contribution in [2.24, 2.45) is 5.73 Å². The molecule has 2 aliphatic rings. The molecule has 2 N–H and O–H groups in total. The zero-order valence-electron chi connectivity index (χ0n) is 23.4. The molecule has 2 aliphatic heterocycles. The first kappa shape index (κ1) is 28.6. The number of fused-ring (bicyclic) bond motifs is 1. The molecule has 2 unspecified atom stereocenters. The van der Waals surface area contributed by atoms with E-state index in [0.29, 0.717) is 62.1 Å². The zero-order valence-corrected chi connectivity index (χ0v) is 23.4. The summed E-state index contributed by atoms with van der Waals surface area (Å²) in [5.74, 6) is 0.370. The Bertz CT molecular complexity index is 1410. The number of nitrogens with two attached hydrogens (primary N) is 1. The fourth-order valence-electron chi connectivity index (χ4n) is 5.34. The number of amides is 2. The molecular weight excluding hydrogens is 536 g/mol. The number of nitrogens with zero attached hydrogens (tertiary/aromatic N) is 8. The molecule has 2 aromatic heterocycles. The third-order valence-electron chi connectivity index (χ3n) is 7.58. The van der Waals surface area contributed by atoms with Gasteiger partial charge in [-0.3, -0.25) is 14.2 Å². The average molecular weight is 572 g/mol. The van der Waals surface area contributed by atoms with Gasteiger partial charge in [0, 0.05) is 51.4 Å². The molecule has 2 atom stereocenters. The number of likely N-dealkylation sites (N-methyl/N-ethyl adjacent to an activating group) is 1. The topological polar surface area (TPSA) is 126 Å². The second-order valence-electron chi connectivity index (χ2n) is 10.4. The number of rotatable bonds is 7. The zero-order chi connectivity index (χ0) is 29.3. The van der Waals surface area contributed by atoms with Gasteiger partial charge >= 0.3 is 0 Å². The van der Waals surface area contributed by atoms with E-state index in [-0.39, 0.29) is 42.9 Å². The van der Waals surface area contributed by atoms with E-state index >= 15 is 0 Å². The quantitative estimate of drug-likeness (QED) is 0.448. The summed E-state index contributed by atoms with van der Waals surface area (Å²) < 4.78 is 35.3. The highest BCUT2D eigenvalue weighted by atomic mass is 19.3. The van der Waals surface area contributed by atoms with E-state index in [4.69, 9.17) is 20.4 Å². The summed E-state index contributed by atoms with van der Waals surface area (Å²) in [4.78, 5) is 45.9. The van der Waals surface area contributed by atoms with Crippen molar-refractivity contribution in [1.82, 2.24) is 29.3 Å². The highest BCUT2D eigenvalue weighted by Crippen LogP contribution is 2.31. The lowest BCUT2D eigenvalue weighted by Gasteiger charge is -2.45. The van der Waals surface area contributed by atoms with Crippen molar-refractivity contribution in [3.8, 4) is 5.95 Å². The van der Waals surface area contributed by atoms with Crippen molar-refractivity contribution >= 4 is 34.5 Å². The SMILES string of the molecule is CC1CN(c2cc(N3CCOCC3)nc(-n3c(C(F)F)nc4ccccc43)n2)C(C)CN1C(=O)CN(C)C(=O)CN. The second kappa shape index (κ2) is 11.9. The van der Waals surface area contributed by atoms with Crippen LogP contribution >= 0.6 is 0 Å². The summed E-state index contributed by atoms with van der Waals surface area (Å²) in [5.41, 5.74) is 6.35. The Morgan fingerprint density at radius 3 is 2.49 bits per heavy atom. The fraction of sp³-hybridized carbons (Fsp3) is 0.519. The number of aromatic nitrogens is 4. The molecule has 0 aliphatic carbocycles. The minimum Gasteiger partial charge on any atom is -0.378 e. The minimum atomic E-state index is -2.83. The van der Waals surface area contributed by atoms with E-state index in [0.717, 1.165) is 0 Å². The third kappa shape index (κ3) is 5.79. The fourth-order valence-corrected chi connectivity index (χ4v) is 5.34. The van der Waals surface area contributed by atoms with Gasteiger partial charge in [0.25, 0.3) is 6.43 Å². The molecule has 220 valence electrons. The summed E-state index contributed by atoms with van der Waals surface area (Å²) in [7, 11) is 1.56. The number of ether oxygens (including phenoxy) is 1. The number of morpholine rings is 1. The lowest BCUT2D eigenvalue weighted by atomic mass is 10.1. The number of benzene rings is 1. The predicted molar refractivity (Wildman–Crippen MR) is 149 cm³/mol. The Morgan fingerprint density at radius 1 is 1.07 bits per heavy atom. The van der Waals surface area contributed by atoms with E-state index < -0.39 is 12.2 Å². The number of alkyl halides is 2. The molecule has 2 saturated heterocycles. The van der Waals surface area contributed by atoms with Crippen molar-refractivity contribution in [2.45, 2.75) is 32.4 Å². The first-order chi connectivity index (χ1) is 19.7. The van der Waals surface area contributed by atoms with Gasteiger partial charge in [-0.2, -0.15) is 9.97 Å². The average Bonchev–Trinajstić information content (AvgIpc) is 3.38. The Hall–Kier alpha value is -3.91. The number of imidazole rings is 1. The first-order valence-corrected chi connectivity index (χ1v) is 13.7. The van der Waals surface area contributed by atoms with Crippen LogP contribution in [0.25, 0.3) is 17.0 Å². The Kier molecular flexibility index (Phi) is 8.31. The van der Waals surface area contributed by atoms with Gasteiger partial charge in [0.1, 0.15) is 11.6 Å². The molecule has 0 spiro atoms. The maximum atomic E-state index is 14.2. The van der Waals surface area contributed by atoms with E-state index in [9.17, 15) is 18.4 Å². The molecule has 4 heterocycles. The van der Waals surface area contributed by atoms with Gasteiger partial charge in [-0.15, -0.1) is 0 Å². The molecule has 2 amide bonds. The first-order valence-electron chi connectivity index (χ1n) is 13.7. The highest BCUT2D eigenvalue weighted by Gasteiger charge is 2.34. The molecule has 0 bridgehead atoms. The van der Waals surface area contributed by atoms with Crippen LogP contribution in [0.4, 0.5) is 20.4 Å². The van der Waals surface area contributed by atoms with E-state index in [1.54, 1.807) is 36.2 Å². The van der Waals surface area contributed by atoms with Crippen molar-refractivity contribution in [3.05, 3.63) is 36.2 Å². The van der Waals surface area contributed by atoms with Crippen LogP contribution in [0.1, 0.15) is 26.1 Å². The Balaban J connectivity index is 1.51. The summed E-state index contributed by atoms with van der Waals surface area (Å²) in [6.07, 6.45) is -2.83. The van der Waals surface area contributed by atoms with Crippen molar-refractivity contribution in [2.75, 3.05) is 69.3 Å². The van der Waals surface area contributed by atoms with Crippen LogP contribution < -0.4 is 15.5 Å². The number of hydrogen-bond donors (Lipinski definition) is 1. The number of piperazine rings is 1. The molecule has 0 radical (unpaired) electrons. The molecule has 3 aromatic rings. The molecule has 0 saturated carbocycles. The minimum absolute atomic E-state index is 0.0595. The van der Waals surface area contributed by atoms with Crippen LogP contribution in [-0.4, -0.2) is 113 Å². The number of para-hydroxylation sites is 2. The smallest absolute Gasteiger partial charge is 0.296 e. The highest BCUT2D eigenvalue weighted by molar-refractivity contribution is 5.86. The lowest BCUT2D eigenvalue weighted by molar-refractivity contribution is -0.140. The Labute approximate surface area is 236 Å². The summed E-state index contributed by atoms with van der Waals surface area (Å²) in [6, 6.07) is 8.43. The van der Waals surface area contributed by atoms with Crippen LogP contribution in [0.15, 0.2) is 30.3 Å². The van der Waals surface area contributed by atoms with Gasteiger partial charge in [0.15, 0.2) is 5.82 Å². The monoisotopic (exact) mass is 571 g/mol. The maximum Gasteiger partial charge on any atom is 0.296 e. The van der Waals surface area contributed by atoms with Crippen LogP contribution in [0.5, 0.6) is 0 Å². The standard InChI is InChI=1S/C27H35F2N9O3/c1-17-15-37(24(40)16-34(3)23(39)13-30)18(2)14-36(17)22-12-21(35-8-10-41-11-9-35)32-27(33-22)38-20-7-5-4-6-19(20)31-26(38)25(28)29/h4-7,12,17-18,25H,8-11,13-16,30H2,1-3H3. The summed E-state index contributed by atoms with van der Waals surface area (Å²) >= 11 is 0. The number of hydrogen-bond acceptors (Lipinski definition) is 9. The lowest BCUT2D eigenvalue weighted by Crippen LogP contribution is -2.60. The Morgan fingerprint density at radius 2 is 1.78 bits per heavy atom. The number of anilines is 2. The largest absolute Gasteiger partial charge is 0.378 e. The van der Waals surface area contributed by atoms with Crippen LogP contribution in [-0.2, 0) is 14.3 Å². The summed E-state index contributed by atoms with van der Waals surface area (Å²) in [6.45, 7) is 6.80. The van der Waals surface area contributed by atoms with Gasteiger partial charge < -0.3 is 30.1 Å². The second-order valence-corrected chi connectivity index (χ2v) is 10.4. The van der Waals surface area contributed by atoms with Crippen LogP contribution in [0, 0.1) is 0 Å². The van der Waals surface area contributed by atoms with Crippen molar-refractivity contribution in [3.63, 3.8) is 0 Å². The van der Waals surface area contributed by atoms with Gasteiger partial charge in [0.05, 0.1) is 37.3 Å². The predicted octanol–water partition coefficient (Wildman–Crippen LogP) is 1.43. The van der Waals surface area contributed by atoms with E-state index in [2.05, 4.69) is 14.8 Å². The van der Waals surface area contributed by atoms with Gasteiger partial charge in [-0.1, -0.05) is 12.1 Å².